The van der Waals surface area contributed by atoms with Crippen molar-refractivity contribution >= 4 is 37.8 Å². The Morgan fingerprint density at radius 1 is 1.38 bits per heavy atom. The molecule has 26 heavy (non-hydrogen) atoms. The first kappa shape index (κ1) is 16.7. The molecule has 1 fully saturated rings. The maximum atomic E-state index is 11.9. The Balaban J connectivity index is 1.69. The molecule has 1 aliphatic heterocycles. The smallest absolute Gasteiger partial charge is 0.225 e. The number of rotatable bonds is 4. The fourth-order valence-electron chi connectivity index (χ4n) is 3.43. The van der Waals surface area contributed by atoms with Crippen LogP contribution in [0.4, 0.5) is 5.82 Å². The van der Waals surface area contributed by atoms with Crippen LogP contribution in [0.25, 0.3) is 21.9 Å². The molecule has 10 heteroatoms. The Morgan fingerprint density at radius 3 is 3.12 bits per heavy atom. The van der Waals surface area contributed by atoms with Crippen molar-refractivity contribution in [2.45, 2.75) is 18.9 Å². The number of nitriles is 1. The zero-order chi connectivity index (χ0) is 18.1. The summed E-state index contributed by atoms with van der Waals surface area (Å²) in [6, 6.07) is 3.37. The minimum absolute atomic E-state index is 0.254. The second-order valence-corrected chi connectivity index (χ2v) is 8.03. The summed E-state index contributed by atoms with van der Waals surface area (Å²) in [4.78, 5) is 18.3. The molecule has 0 radical (unpaired) electrons. The van der Waals surface area contributed by atoms with Gasteiger partial charge in [-0.05, 0) is 18.9 Å². The van der Waals surface area contributed by atoms with E-state index in [0.29, 0.717) is 6.54 Å². The molecule has 0 bridgehead atoms. The van der Waals surface area contributed by atoms with Crippen LogP contribution < -0.4 is 9.62 Å². The molecule has 4 rings (SSSR count). The van der Waals surface area contributed by atoms with Crippen LogP contribution in [-0.2, 0) is 10.0 Å². The van der Waals surface area contributed by atoms with E-state index in [1.165, 1.54) is 6.33 Å². The SMILES string of the molecule is N#CCS(=O)(=O)NC1CCCN(c2ncnc3cnc4[nH]ccc4c23)C1. The molecule has 3 aromatic heterocycles. The highest BCUT2D eigenvalue weighted by molar-refractivity contribution is 7.89. The third-order valence-electron chi connectivity index (χ3n) is 4.49. The predicted molar refractivity (Wildman–Crippen MR) is 97.0 cm³/mol. The van der Waals surface area contributed by atoms with Crippen LogP contribution in [0.3, 0.4) is 0 Å². The third-order valence-corrected chi connectivity index (χ3v) is 5.69. The van der Waals surface area contributed by atoms with Gasteiger partial charge in [-0.3, -0.25) is 0 Å². The van der Waals surface area contributed by atoms with E-state index in [1.54, 1.807) is 12.3 Å². The average Bonchev–Trinajstić information content (AvgIpc) is 3.10. The fraction of sp³-hybridized carbons (Fsp3) is 0.375. The Hall–Kier alpha value is -2.77. The summed E-state index contributed by atoms with van der Waals surface area (Å²) in [5, 5.41) is 10.5. The molecule has 1 aliphatic rings. The van der Waals surface area contributed by atoms with Crippen molar-refractivity contribution in [2.24, 2.45) is 0 Å². The first-order valence-corrected chi connectivity index (χ1v) is 9.91. The van der Waals surface area contributed by atoms with Crippen molar-refractivity contribution in [1.29, 1.82) is 5.26 Å². The van der Waals surface area contributed by atoms with Gasteiger partial charge in [-0.2, -0.15) is 5.26 Å². The molecule has 0 aromatic carbocycles. The van der Waals surface area contributed by atoms with Crippen LogP contribution in [0.5, 0.6) is 0 Å². The summed E-state index contributed by atoms with van der Waals surface area (Å²) in [5.41, 5.74) is 1.51. The number of fused-ring (bicyclic) bond motifs is 3. The van der Waals surface area contributed by atoms with E-state index in [0.717, 1.165) is 47.1 Å². The van der Waals surface area contributed by atoms with Crippen LogP contribution in [0.15, 0.2) is 24.8 Å². The van der Waals surface area contributed by atoms with Crippen molar-refractivity contribution in [3.05, 3.63) is 24.8 Å². The number of nitrogens with one attached hydrogen (secondary N) is 2. The lowest BCUT2D eigenvalue weighted by Crippen LogP contribution is -2.48. The van der Waals surface area contributed by atoms with Gasteiger partial charge in [0.05, 0.1) is 23.2 Å². The lowest BCUT2D eigenvalue weighted by Gasteiger charge is -2.34. The molecule has 0 amide bonds. The lowest BCUT2D eigenvalue weighted by atomic mass is 10.1. The van der Waals surface area contributed by atoms with E-state index in [9.17, 15) is 8.42 Å². The second kappa shape index (κ2) is 6.51. The predicted octanol–water partition coefficient (Wildman–Crippen LogP) is 0.918. The molecule has 2 N–H and O–H groups in total. The van der Waals surface area contributed by atoms with Gasteiger partial charge in [-0.1, -0.05) is 0 Å². The van der Waals surface area contributed by atoms with Crippen LogP contribution in [0.1, 0.15) is 12.8 Å². The summed E-state index contributed by atoms with van der Waals surface area (Å²) < 4.78 is 26.4. The van der Waals surface area contributed by atoms with E-state index in [4.69, 9.17) is 5.26 Å². The number of H-pyrrole nitrogens is 1. The van der Waals surface area contributed by atoms with Crippen molar-refractivity contribution in [1.82, 2.24) is 24.7 Å². The molecule has 0 saturated carbocycles. The minimum atomic E-state index is -3.59. The highest BCUT2D eigenvalue weighted by Gasteiger charge is 2.26. The van der Waals surface area contributed by atoms with Gasteiger partial charge in [0.2, 0.25) is 10.0 Å². The van der Waals surface area contributed by atoms with Crippen LogP contribution >= 0.6 is 0 Å². The molecular weight excluding hydrogens is 354 g/mol. The Labute approximate surface area is 150 Å². The fourth-order valence-corrected chi connectivity index (χ4v) is 4.38. The van der Waals surface area contributed by atoms with E-state index in [1.807, 2.05) is 12.3 Å². The maximum Gasteiger partial charge on any atom is 0.225 e. The van der Waals surface area contributed by atoms with Gasteiger partial charge in [0.1, 0.15) is 17.8 Å². The number of anilines is 1. The molecule has 1 saturated heterocycles. The van der Waals surface area contributed by atoms with Gasteiger partial charge in [0.25, 0.3) is 0 Å². The summed E-state index contributed by atoms with van der Waals surface area (Å²) in [5.74, 6) is 0.237. The monoisotopic (exact) mass is 371 g/mol. The average molecular weight is 371 g/mol. The second-order valence-electron chi connectivity index (χ2n) is 6.28. The quantitative estimate of drug-likeness (QED) is 0.698. The van der Waals surface area contributed by atoms with E-state index in [-0.39, 0.29) is 6.04 Å². The van der Waals surface area contributed by atoms with Gasteiger partial charge in [-0.15, -0.1) is 0 Å². The number of aromatic amines is 1. The van der Waals surface area contributed by atoms with Crippen molar-refractivity contribution in [3.63, 3.8) is 0 Å². The van der Waals surface area contributed by atoms with Crippen LogP contribution in [0.2, 0.25) is 0 Å². The van der Waals surface area contributed by atoms with E-state index < -0.39 is 15.8 Å². The van der Waals surface area contributed by atoms with Crippen molar-refractivity contribution < 1.29 is 8.42 Å². The molecule has 1 atom stereocenters. The van der Waals surface area contributed by atoms with Gasteiger partial charge < -0.3 is 9.88 Å². The number of nitrogens with zero attached hydrogens (tertiary/aromatic N) is 5. The largest absolute Gasteiger partial charge is 0.354 e. The molecule has 4 heterocycles. The molecule has 0 aliphatic carbocycles. The van der Waals surface area contributed by atoms with Crippen LogP contribution in [-0.4, -0.2) is 53.2 Å². The van der Waals surface area contributed by atoms with Gasteiger partial charge in [-0.25, -0.2) is 28.1 Å². The van der Waals surface area contributed by atoms with Gasteiger partial charge >= 0.3 is 0 Å². The normalized spacial score (nSPS) is 18.3. The summed E-state index contributed by atoms with van der Waals surface area (Å²) >= 11 is 0. The number of hydrogen-bond donors (Lipinski definition) is 2. The number of piperidine rings is 1. The number of pyridine rings is 1. The maximum absolute atomic E-state index is 11.9. The molecule has 134 valence electrons. The number of hydrogen-bond acceptors (Lipinski definition) is 7. The molecule has 0 spiro atoms. The van der Waals surface area contributed by atoms with E-state index >= 15 is 0 Å². The zero-order valence-corrected chi connectivity index (χ0v) is 14.7. The summed E-state index contributed by atoms with van der Waals surface area (Å²) in [6.45, 7) is 1.27. The molecule has 9 nitrogen and oxygen atoms in total. The summed E-state index contributed by atoms with van der Waals surface area (Å²) in [7, 11) is -3.59. The highest BCUT2D eigenvalue weighted by Crippen LogP contribution is 2.30. The lowest BCUT2D eigenvalue weighted by molar-refractivity contribution is 0.465. The Morgan fingerprint density at radius 2 is 2.27 bits per heavy atom. The Bertz CT molecular complexity index is 1100. The zero-order valence-electron chi connectivity index (χ0n) is 13.9. The molecule has 3 aromatic rings. The molecular formula is C16H17N7O2S. The molecule has 1 unspecified atom stereocenters. The van der Waals surface area contributed by atoms with Crippen molar-refractivity contribution in [2.75, 3.05) is 23.7 Å². The topological polar surface area (TPSA) is 128 Å². The standard InChI is InChI=1S/C16H17N7O2S/c17-4-7-26(24,25)22-11-2-1-6-23(9-11)16-14-12-3-5-18-15(12)19-8-13(14)20-10-21-16/h3,5,8,10-11,22H,1-2,6-7,9H2,(H,18,19). The van der Waals surface area contributed by atoms with E-state index in [2.05, 4.69) is 29.6 Å². The first-order valence-electron chi connectivity index (χ1n) is 8.26. The minimum Gasteiger partial charge on any atom is -0.354 e. The highest BCUT2D eigenvalue weighted by atomic mass is 32.2. The first-order chi connectivity index (χ1) is 12.6. The number of aromatic nitrogens is 4. The third kappa shape index (κ3) is 3.07. The number of sulfonamides is 1. The van der Waals surface area contributed by atoms with Gasteiger partial charge in [0, 0.05) is 30.7 Å². The van der Waals surface area contributed by atoms with Gasteiger partial charge in [0.15, 0.2) is 5.75 Å². The summed E-state index contributed by atoms with van der Waals surface area (Å²) in [6.07, 6.45) is 6.58. The van der Waals surface area contributed by atoms with Crippen LogP contribution in [0, 0.1) is 11.3 Å². The van der Waals surface area contributed by atoms with Crippen molar-refractivity contribution in [3.8, 4) is 6.07 Å². The Kier molecular flexibility index (Phi) is 4.18.